The van der Waals surface area contributed by atoms with Crippen LogP contribution in [0.2, 0.25) is 0 Å². The fourth-order valence-electron chi connectivity index (χ4n) is 1.72. The van der Waals surface area contributed by atoms with Crippen LogP contribution >= 0.6 is 12.2 Å². The highest BCUT2D eigenvalue weighted by atomic mass is 32.1. The first kappa shape index (κ1) is 13.4. The number of hydrogen-bond donors (Lipinski definition) is 2. The van der Waals surface area contributed by atoms with Gasteiger partial charge >= 0.3 is 0 Å². The van der Waals surface area contributed by atoms with E-state index in [1.54, 1.807) is 24.3 Å². The zero-order chi connectivity index (χ0) is 13.8. The van der Waals surface area contributed by atoms with Crippen LogP contribution in [0.3, 0.4) is 0 Å². The van der Waals surface area contributed by atoms with E-state index in [2.05, 4.69) is 5.32 Å². The van der Waals surface area contributed by atoms with Crippen molar-refractivity contribution in [1.82, 2.24) is 0 Å². The van der Waals surface area contributed by atoms with Gasteiger partial charge in [0.2, 0.25) is 0 Å². The van der Waals surface area contributed by atoms with Crippen molar-refractivity contribution < 1.29 is 8.78 Å². The molecular weight excluding hydrogens is 266 g/mol. The summed E-state index contributed by atoms with van der Waals surface area (Å²) in [6.07, 6.45) is 0. The molecule has 0 saturated carbocycles. The third kappa shape index (κ3) is 3.26. The molecule has 2 aromatic rings. The van der Waals surface area contributed by atoms with Gasteiger partial charge in [0, 0.05) is 12.2 Å². The molecule has 0 unspecified atom stereocenters. The molecule has 2 nitrogen and oxygen atoms in total. The van der Waals surface area contributed by atoms with Crippen LogP contribution in [0.15, 0.2) is 42.5 Å². The topological polar surface area (TPSA) is 38.0 Å². The minimum Gasteiger partial charge on any atom is -0.389 e. The quantitative estimate of drug-likeness (QED) is 0.843. The number of nitrogens with two attached hydrogens (primary N) is 1. The number of thiocarbonyl (C=S) groups is 1. The van der Waals surface area contributed by atoms with Crippen molar-refractivity contribution in [3.05, 3.63) is 65.2 Å². The lowest BCUT2D eigenvalue weighted by Gasteiger charge is -2.12. The lowest BCUT2D eigenvalue weighted by molar-refractivity contribution is 0.626. The Kier molecular flexibility index (Phi) is 4.06. The summed E-state index contributed by atoms with van der Waals surface area (Å²) in [4.78, 5) is -0.000272. The van der Waals surface area contributed by atoms with Gasteiger partial charge in [0.05, 0.1) is 5.56 Å². The van der Waals surface area contributed by atoms with Gasteiger partial charge in [-0.2, -0.15) is 0 Å². The van der Waals surface area contributed by atoms with E-state index in [-0.39, 0.29) is 16.4 Å². The SMILES string of the molecule is NC(=S)c1c(F)cccc1NCc1ccc(F)cc1. The molecule has 0 fully saturated rings. The van der Waals surface area contributed by atoms with E-state index in [1.807, 2.05) is 0 Å². The molecule has 98 valence electrons. The zero-order valence-electron chi connectivity index (χ0n) is 9.99. The monoisotopic (exact) mass is 278 g/mol. The molecule has 3 N–H and O–H groups in total. The van der Waals surface area contributed by atoms with Crippen LogP contribution in [0.25, 0.3) is 0 Å². The molecule has 0 amide bonds. The third-order valence-electron chi connectivity index (χ3n) is 2.66. The minimum absolute atomic E-state index is 0.000272. The van der Waals surface area contributed by atoms with Gasteiger partial charge in [-0.15, -0.1) is 0 Å². The molecule has 0 heterocycles. The zero-order valence-corrected chi connectivity index (χ0v) is 10.8. The largest absolute Gasteiger partial charge is 0.389 e. The highest BCUT2D eigenvalue weighted by Gasteiger charge is 2.10. The fraction of sp³-hybridized carbons (Fsp3) is 0.0714. The van der Waals surface area contributed by atoms with Crippen LogP contribution in [0.1, 0.15) is 11.1 Å². The standard InChI is InChI=1S/C14H12F2N2S/c15-10-6-4-9(5-7-10)8-18-12-3-1-2-11(16)13(12)14(17)19/h1-7,18H,8H2,(H2,17,19). The van der Waals surface area contributed by atoms with Crippen LogP contribution in [0.4, 0.5) is 14.5 Å². The number of nitrogens with one attached hydrogen (secondary N) is 1. The first-order valence-electron chi connectivity index (χ1n) is 5.64. The second-order valence-corrected chi connectivity index (χ2v) is 4.45. The molecule has 19 heavy (non-hydrogen) atoms. The van der Waals surface area contributed by atoms with Crippen LogP contribution in [0, 0.1) is 11.6 Å². The van der Waals surface area contributed by atoms with Crippen molar-refractivity contribution in [2.24, 2.45) is 5.73 Å². The number of halogens is 2. The van der Waals surface area contributed by atoms with Gasteiger partial charge in [0.15, 0.2) is 0 Å². The molecular formula is C14H12F2N2S. The third-order valence-corrected chi connectivity index (χ3v) is 2.86. The van der Waals surface area contributed by atoms with Gasteiger partial charge in [0.25, 0.3) is 0 Å². The van der Waals surface area contributed by atoms with E-state index in [4.69, 9.17) is 18.0 Å². The van der Waals surface area contributed by atoms with Gasteiger partial charge in [-0.05, 0) is 29.8 Å². The Morgan fingerprint density at radius 1 is 1.11 bits per heavy atom. The van der Waals surface area contributed by atoms with Crippen molar-refractivity contribution >= 4 is 22.9 Å². The van der Waals surface area contributed by atoms with Crippen LogP contribution < -0.4 is 11.1 Å². The second-order valence-electron chi connectivity index (χ2n) is 4.01. The summed E-state index contributed by atoms with van der Waals surface area (Å²) in [5, 5.41) is 3.04. The van der Waals surface area contributed by atoms with Gasteiger partial charge in [-0.25, -0.2) is 8.78 Å². The summed E-state index contributed by atoms with van der Waals surface area (Å²) in [5.41, 5.74) is 7.10. The molecule has 0 bridgehead atoms. The Morgan fingerprint density at radius 3 is 2.42 bits per heavy atom. The maximum Gasteiger partial charge on any atom is 0.135 e. The molecule has 5 heteroatoms. The average molecular weight is 278 g/mol. The number of rotatable bonds is 4. The summed E-state index contributed by atoms with van der Waals surface area (Å²) in [5.74, 6) is -0.755. The Morgan fingerprint density at radius 2 is 1.79 bits per heavy atom. The molecule has 0 radical (unpaired) electrons. The molecule has 0 atom stereocenters. The van der Waals surface area contributed by atoms with Crippen molar-refractivity contribution in [1.29, 1.82) is 0 Å². The van der Waals surface area contributed by atoms with Crippen LogP contribution in [-0.2, 0) is 6.54 Å². The van der Waals surface area contributed by atoms with E-state index in [0.29, 0.717) is 12.2 Å². The smallest absolute Gasteiger partial charge is 0.135 e. The summed E-state index contributed by atoms with van der Waals surface area (Å²) in [7, 11) is 0. The maximum atomic E-state index is 13.6. The van der Waals surface area contributed by atoms with Crippen molar-refractivity contribution in [3.8, 4) is 0 Å². The molecule has 0 aliphatic rings. The fourth-order valence-corrected chi connectivity index (χ4v) is 1.93. The van der Waals surface area contributed by atoms with E-state index in [1.165, 1.54) is 18.2 Å². The summed E-state index contributed by atoms with van der Waals surface area (Å²) in [6, 6.07) is 10.6. The lowest BCUT2D eigenvalue weighted by atomic mass is 10.1. The first-order chi connectivity index (χ1) is 9.08. The number of anilines is 1. The lowest BCUT2D eigenvalue weighted by Crippen LogP contribution is -2.15. The van der Waals surface area contributed by atoms with E-state index < -0.39 is 5.82 Å². The minimum atomic E-state index is -0.461. The van der Waals surface area contributed by atoms with Crippen molar-refractivity contribution in [3.63, 3.8) is 0 Å². The molecule has 2 rings (SSSR count). The Labute approximate surface area is 115 Å². The van der Waals surface area contributed by atoms with E-state index in [9.17, 15) is 8.78 Å². The number of hydrogen-bond acceptors (Lipinski definition) is 2. The summed E-state index contributed by atoms with van der Waals surface area (Å²) < 4.78 is 26.4. The highest BCUT2D eigenvalue weighted by molar-refractivity contribution is 7.80. The van der Waals surface area contributed by atoms with Crippen LogP contribution in [0.5, 0.6) is 0 Å². The van der Waals surface area contributed by atoms with Gasteiger partial charge in [0.1, 0.15) is 16.6 Å². The molecule has 0 spiro atoms. The molecule has 2 aromatic carbocycles. The summed E-state index contributed by atoms with van der Waals surface area (Å²) >= 11 is 4.83. The molecule has 0 saturated heterocycles. The van der Waals surface area contributed by atoms with Gasteiger partial charge in [-0.1, -0.05) is 30.4 Å². The van der Waals surface area contributed by atoms with Crippen LogP contribution in [-0.4, -0.2) is 4.99 Å². The van der Waals surface area contributed by atoms with Gasteiger partial charge < -0.3 is 11.1 Å². The highest BCUT2D eigenvalue weighted by Crippen LogP contribution is 2.19. The Hall–Kier alpha value is -2.01. The molecule has 0 aliphatic carbocycles. The summed E-state index contributed by atoms with van der Waals surface area (Å²) in [6.45, 7) is 0.430. The van der Waals surface area contributed by atoms with E-state index in [0.717, 1.165) is 5.56 Å². The predicted molar refractivity (Wildman–Crippen MR) is 76.0 cm³/mol. The van der Waals surface area contributed by atoms with Crippen molar-refractivity contribution in [2.45, 2.75) is 6.54 Å². The first-order valence-corrected chi connectivity index (χ1v) is 6.05. The molecule has 0 aromatic heterocycles. The van der Waals surface area contributed by atoms with Crippen molar-refractivity contribution in [2.75, 3.05) is 5.32 Å². The Balaban J connectivity index is 2.18. The average Bonchev–Trinajstić information content (AvgIpc) is 2.37. The van der Waals surface area contributed by atoms with E-state index >= 15 is 0 Å². The second kappa shape index (κ2) is 5.75. The number of benzene rings is 2. The maximum absolute atomic E-state index is 13.6. The Bertz CT molecular complexity index is 597. The predicted octanol–water partition coefficient (Wildman–Crippen LogP) is 3.21. The normalized spacial score (nSPS) is 10.2. The van der Waals surface area contributed by atoms with Gasteiger partial charge in [-0.3, -0.25) is 0 Å². The molecule has 0 aliphatic heterocycles.